The van der Waals surface area contributed by atoms with Crippen molar-refractivity contribution in [1.29, 1.82) is 0 Å². The molecule has 5 heteroatoms. The maximum absolute atomic E-state index is 4.90. The van der Waals surface area contributed by atoms with Crippen molar-refractivity contribution in [3.8, 4) is 33.9 Å². The zero-order chi connectivity index (χ0) is 30.2. The van der Waals surface area contributed by atoms with Crippen LogP contribution < -0.4 is 0 Å². The summed E-state index contributed by atoms with van der Waals surface area (Å²) in [7, 11) is 0. The van der Waals surface area contributed by atoms with Gasteiger partial charge in [0.2, 0.25) is 0 Å². The molecule has 2 aromatic heterocycles. The summed E-state index contributed by atoms with van der Waals surface area (Å²) in [5.41, 5.74) is 12.0. The fourth-order valence-corrected chi connectivity index (χ4v) is 6.71. The molecule has 0 atom stereocenters. The minimum absolute atomic E-state index is 0.784. The predicted octanol–water partition coefficient (Wildman–Crippen LogP) is 10.2. The molecule has 0 aliphatic carbocycles. The average molecular weight is 646 g/mol. The van der Waals surface area contributed by atoms with Crippen molar-refractivity contribution in [3.63, 3.8) is 0 Å². The van der Waals surface area contributed by atoms with Crippen LogP contribution in [0.1, 0.15) is 11.1 Å². The first kappa shape index (κ1) is 27.3. The van der Waals surface area contributed by atoms with Gasteiger partial charge in [0.25, 0.3) is 0 Å². The van der Waals surface area contributed by atoms with Gasteiger partial charge in [-0.15, -0.1) is 0 Å². The zero-order valence-electron chi connectivity index (χ0n) is 24.5. The molecule has 1 aliphatic rings. The molecule has 3 heterocycles. The van der Waals surface area contributed by atoms with Crippen molar-refractivity contribution in [2.45, 2.75) is 13.1 Å². The SMILES string of the molecule is Brc1ccccc1Cn1c(-c2ccccc2)nc2ccccc21.c1ccc(-c2nc3cccc4c3n2Cc2ccccc2-4)cc1. The normalized spacial score (nSPS) is 11.7. The second kappa shape index (κ2) is 11.7. The second-order valence-electron chi connectivity index (χ2n) is 11.2. The Morgan fingerprint density at radius 1 is 0.533 bits per heavy atom. The zero-order valence-corrected chi connectivity index (χ0v) is 26.1. The summed E-state index contributed by atoms with van der Waals surface area (Å²) >= 11 is 3.65. The molecule has 6 aromatic carbocycles. The molecule has 0 bridgehead atoms. The largest absolute Gasteiger partial charge is 0.319 e. The Morgan fingerprint density at radius 3 is 1.93 bits per heavy atom. The number of fused-ring (bicyclic) bond motifs is 3. The monoisotopic (exact) mass is 644 g/mol. The maximum Gasteiger partial charge on any atom is 0.141 e. The molecule has 4 nitrogen and oxygen atoms in total. The lowest BCUT2D eigenvalue weighted by atomic mass is 9.95. The van der Waals surface area contributed by atoms with Gasteiger partial charge < -0.3 is 9.13 Å². The van der Waals surface area contributed by atoms with Crippen molar-refractivity contribution >= 4 is 38.0 Å². The quantitative estimate of drug-likeness (QED) is 0.191. The van der Waals surface area contributed by atoms with Crippen LogP contribution in [0.4, 0.5) is 0 Å². The van der Waals surface area contributed by atoms with Crippen molar-refractivity contribution in [1.82, 2.24) is 19.1 Å². The fraction of sp³-hybridized carbons (Fsp3) is 0.0500. The highest BCUT2D eigenvalue weighted by molar-refractivity contribution is 9.10. The number of halogens is 1. The summed E-state index contributed by atoms with van der Waals surface area (Å²) in [6, 6.07) is 52.5. The van der Waals surface area contributed by atoms with Crippen LogP contribution in [-0.4, -0.2) is 19.1 Å². The highest BCUT2D eigenvalue weighted by Gasteiger charge is 2.22. The van der Waals surface area contributed by atoms with E-state index in [1.807, 2.05) is 24.3 Å². The lowest BCUT2D eigenvalue weighted by molar-refractivity contribution is 0.827. The number of rotatable bonds is 4. The van der Waals surface area contributed by atoms with Crippen LogP contribution in [0.5, 0.6) is 0 Å². The second-order valence-corrected chi connectivity index (χ2v) is 12.0. The van der Waals surface area contributed by atoms with Crippen LogP contribution >= 0.6 is 15.9 Å². The number of hydrogen-bond acceptors (Lipinski definition) is 2. The van der Waals surface area contributed by atoms with Crippen LogP contribution in [-0.2, 0) is 13.1 Å². The summed E-state index contributed by atoms with van der Waals surface area (Å²) in [6.07, 6.45) is 0. The van der Waals surface area contributed by atoms with E-state index in [2.05, 4.69) is 152 Å². The van der Waals surface area contributed by atoms with E-state index < -0.39 is 0 Å². The number of imidazole rings is 2. The minimum Gasteiger partial charge on any atom is -0.319 e. The molecule has 0 spiro atoms. The van der Waals surface area contributed by atoms with Crippen LogP contribution in [0.25, 0.3) is 56.0 Å². The van der Waals surface area contributed by atoms with Gasteiger partial charge >= 0.3 is 0 Å². The molecule has 1 aliphatic heterocycles. The minimum atomic E-state index is 0.784. The number of nitrogens with zero attached hydrogens (tertiary/aromatic N) is 4. The third kappa shape index (κ3) is 5.05. The molecule has 0 N–H and O–H groups in total. The first-order valence-corrected chi connectivity index (χ1v) is 15.9. The van der Waals surface area contributed by atoms with Crippen LogP contribution in [0.15, 0.2) is 156 Å². The molecule has 0 saturated heterocycles. The van der Waals surface area contributed by atoms with Crippen LogP contribution in [0.3, 0.4) is 0 Å². The number of hydrogen-bond donors (Lipinski definition) is 0. The Hall–Kier alpha value is -5.26. The Labute approximate surface area is 270 Å². The van der Waals surface area contributed by atoms with E-state index in [0.717, 1.165) is 51.3 Å². The molecule has 0 unspecified atom stereocenters. The van der Waals surface area contributed by atoms with Gasteiger partial charge in [0, 0.05) is 21.2 Å². The van der Waals surface area contributed by atoms with E-state index >= 15 is 0 Å². The molecule has 8 aromatic rings. The summed E-state index contributed by atoms with van der Waals surface area (Å²) in [5, 5.41) is 0. The van der Waals surface area contributed by atoms with Crippen molar-refractivity contribution in [2.24, 2.45) is 0 Å². The van der Waals surface area contributed by atoms with E-state index in [9.17, 15) is 0 Å². The number of aromatic nitrogens is 4. The molecular formula is C40H29BrN4. The Bertz CT molecular complexity index is 2280. The van der Waals surface area contributed by atoms with E-state index in [1.54, 1.807) is 0 Å². The highest BCUT2D eigenvalue weighted by atomic mass is 79.9. The van der Waals surface area contributed by atoms with Gasteiger partial charge in [-0.05, 0) is 41.0 Å². The predicted molar refractivity (Wildman–Crippen MR) is 188 cm³/mol. The molecule has 0 radical (unpaired) electrons. The molecule has 216 valence electrons. The lowest BCUT2D eigenvalue weighted by Crippen LogP contribution is -2.08. The van der Waals surface area contributed by atoms with Gasteiger partial charge in [-0.25, -0.2) is 9.97 Å². The molecular weight excluding hydrogens is 616 g/mol. The molecule has 0 saturated carbocycles. The van der Waals surface area contributed by atoms with Gasteiger partial charge in [0.05, 0.1) is 35.2 Å². The van der Waals surface area contributed by atoms with Crippen molar-refractivity contribution in [3.05, 3.63) is 167 Å². The van der Waals surface area contributed by atoms with E-state index in [-0.39, 0.29) is 0 Å². The topological polar surface area (TPSA) is 35.6 Å². The molecule has 0 amide bonds. The third-order valence-corrected chi connectivity index (χ3v) is 9.18. The van der Waals surface area contributed by atoms with Gasteiger partial charge in [-0.1, -0.05) is 143 Å². The van der Waals surface area contributed by atoms with Gasteiger partial charge in [-0.3, -0.25) is 0 Å². The van der Waals surface area contributed by atoms with Crippen molar-refractivity contribution < 1.29 is 0 Å². The first-order valence-electron chi connectivity index (χ1n) is 15.1. The summed E-state index contributed by atoms with van der Waals surface area (Å²) < 4.78 is 5.75. The number of para-hydroxylation sites is 3. The average Bonchev–Trinajstić information content (AvgIpc) is 3.66. The van der Waals surface area contributed by atoms with Crippen LogP contribution in [0, 0.1) is 0 Å². The molecule has 0 fully saturated rings. The first-order chi connectivity index (χ1) is 22.2. The smallest absolute Gasteiger partial charge is 0.141 e. The highest BCUT2D eigenvalue weighted by Crippen LogP contribution is 2.38. The standard InChI is InChI=1S/C20H15BrN2.C20H14N2/c21-17-11-5-4-10-16(17)14-23-19-13-7-6-12-18(19)22-20(23)15-8-2-1-3-9-15;1-2-7-14(8-3-1)20-21-18-12-6-11-17-16-10-5-4-9-15(16)13-22(20)19(17)18/h1-13H,14H2;1-12H,13H2. The van der Waals surface area contributed by atoms with E-state index in [0.29, 0.717) is 0 Å². The van der Waals surface area contributed by atoms with Crippen molar-refractivity contribution in [2.75, 3.05) is 0 Å². The summed E-state index contributed by atoms with van der Waals surface area (Å²) in [5.74, 6) is 2.06. The third-order valence-electron chi connectivity index (χ3n) is 8.41. The maximum atomic E-state index is 4.90. The van der Waals surface area contributed by atoms with Crippen LogP contribution in [0.2, 0.25) is 0 Å². The summed E-state index contributed by atoms with van der Waals surface area (Å²) in [4.78, 5) is 9.76. The van der Waals surface area contributed by atoms with Gasteiger partial charge in [-0.2, -0.15) is 0 Å². The van der Waals surface area contributed by atoms with Gasteiger partial charge in [0.1, 0.15) is 11.6 Å². The number of benzene rings is 6. The molecule has 9 rings (SSSR count). The van der Waals surface area contributed by atoms with E-state index in [1.165, 1.54) is 33.3 Å². The van der Waals surface area contributed by atoms with Gasteiger partial charge in [0.15, 0.2) is 0 Å². The summed E-state index contributed by atoms with van der Waals surface area (Å²) in [6.45, 7) is 1.67. The Balaban J connectivity index is 0.000000134. The Morgan fingerprint density at radius 2 is 1.13 bits per heavy atom. The lowest BCUT2D eigenvalue weighted by Gasteiger charge is -2.20. The van der Waals surface area contributed by atoms with E-state index in [4.69, 9.17) is 9.97 Å². The molecule has 45 heavy (non-hydrogen) atoms. The Kier molecular flexibility index (Phi) is 7.08. The fourth-order valence-electron chi connectivity index (χ4n) is 6.30.